The van der Waals surface area contributed by atoms with Gasteiger partial charge in [-0.05, 0) is 52.8 Å². The molecule has 38 heavy (non-hydrogen) atoms. The van der Waals surface area contributed by atoms with Crippen LogP contribution in [-0.2, 0) is 23.2 Å². The van der Waals surface area contributed by atoms with Crippen LogP contribution in [0.4, 0.5) is 14.5 Å². The highest BCUT2D eigenvalue weighted by Gasteiger charge is 2.25. The summed E-state index contributed by atoms with van der Waals surface area (Å²) in [6, 6.07) is 17.4. The first-order valence-corrected chi connectivity index (χ1v) is 12.8. The van der Waals surface area contributed by atoms with Crippen molar-refractivity contribution >= 4 is 40.7 Å². The summed E-state index contributed by atoms with van der Waals surface area (Å²) in [6.45, 7) is 5.24. The van der Waals surface area contributed by atoms with Crippen LogP contribution in [0.15, 0.2) is 60.7 Å². The molecule has 0 fully saturated rings. The number of nitrogens with zero attached hydrogens (tertiary/aromatic N) is 1. The molecule has 0 aromatic heterocycles. The van der Waals surface area contributed by atoms with Crippen LogP contribution >= 0.6 is 23.2 Å². The summed E-state index contributed by atoms with van der Waals surface area (Å²) in [5.74, 6) is -0.752. The molecule has 0 aliphatic carbocycles. The second-order valence-corrected chi connectivity index (χ2v) is 10.7. The van der Waals surface area contributed by atoms with E-state index in [0.29, 0.717) is 12.0 Å². The average molecular weight is 563 g/mol. The third-order valence-corrected chi connectivity index (χ3v) is 6.70. The minimum Gasteiger partial charge on any atom is -0.435 e. The van der Waals surface area contributed by atoms with E-state index in [1.165, 1.54) is 31.2 Å². The first kappa shape index (κ1) is 29.4. The topological polar surface area (TPSA) is 58.6 Å². The highest BCUT2D eigenvalue weighted by atomic mass is 35.5. The fourth-order valence-electron chi connectivity index (χ4n) is 3.94. The highest BCUT2D eigenvalue weighted by Crippen LogP contribution is 2.33. The molecule has 3 aromatic rings. The standard InChI is InChI=1S/C29H30Cl2F2N2O3/c1-18(36)34-24-13-12-23(30)26(31)25(24)27(37)35(17-20-8-10-21(11-9-20)29(2,3)4)15-14-19-6-5-7-22(16-19)38-28(32)33/h5-13,16,28H,14-15,17H2,1-4H3,(H,34,36). The number of amides is 2. The summed E-state index contributed by atoms with van der Waals surface area (Å²) < 4.78 is 29.9. The highest BCUT2D eigenvalue weighted by molar-refractivity contribution is 6.44. The Balaban J connectivity index is 1.95. The van der Waals surface area contributed by atoms with Crippen molar-refractivity contribution in [3.63, 3.8) is 0 Å². The summed E-state index contributed by atoms with van der Waals surface area (Å²) in [4.78, 5) is 27.3. The number of nitrogens with one attached hydrogen (secondary N) is 1. The number of halogens is 4. The minimum atomic E-state index is -2.93. The number of hydrogen-bond acceptors (Lipinski definition) is 3. The van der Waals surface area contributed by atoms with Crippen molar-refractivity contribution in [2.45, 2.75) is 52.7 Å². The Morgan fingerprint density at radius 2 is 1.68 bits per heavy atom. The molecule has 0 aliphatic rings. The number of ether oxygens (including phenoxy) is 1. The molecule has 2 amide bonds. The van der Waals surface area contributed by atoms with Gasteiger partial charge in [0.2, 0.25) is 5.91 Å². The van der Waals surface area contributed by atoms with Crippen LogP contribution < -0.4 is 10.1 Å². The molecular formula is C29H30Cl2F2N2O3. The number of anilines is 1. The predicted octanol–water partition coefficient (Wildman–Crippen LogP) is 7.74. The van der Waals surface area contributed by atoms with Gasteiger partial charge in [0.05, 0.1) is 21.3 Å². The van der Waals surface area contributed by atoms with E-state index < -0.39 is 12.5 Å². The molecule has 5 nitrogen and oxygen atoms in total. The predicted molar refractivity (Wildman–Crippen MR) is 147 cm³/mol. The van der Waals surface area contributed by atoms with Crippen LogP contribution in [-0.4, -0.2) is 29.9 Å². The first-order valence-electron chi connectivity index (χ1n) is 12.0. The van der Waals surface area contributed by atoms with Crippen LogP contribution in [0.1, 0.15) is 54.7 Å². The molecule has 0 saturated carbocycles. The third kappa shape index (κ3) is 7.92. The summed E-state index contributed by atoms with van der Waals surface area (Å²) in [7, 11) is 0. The van der Waals surface area contributed by atoms with Crippen molar-refractivity contribution in [1.29, 1.82) is 0 Å². The molecule has 0 aliphatic heterocycles. The van der Waals surface area contributed by atoms with Crippen molar-refractivity contribution in [2.75, 3.05) is 11.9 Å². The van der Waals surface area contributed by atoms with E-state index in [1.54, 1.807) is 17.0 Å². The van der Waals surface area contributed by atoms with Gasteiger partial charge in [0.15, 0.2) is 0 Å². The Bertz CT molecular complexity index is 1290. The summed E-state index contributed by atoms with van der Waals surface area (Å²) in [5, 5.41) is 2.85. The number of rotatable bonds is 9. The van der Waals surface area contributed by atoms with Crippen LogP contribution in [0.5, 0.6) is 5.75 Å². The zero-order chi connectivity index (χ0) is 28.0. The number of carbonyl (C=O) groups excluding carboxylic acids is 2. The quantitative estimate of drug-likeness (QED) is 0.290. The molecule has 1 N–H and O–H groups in total. The largest absolute Gasteiger partial charge is 0.435 e. The fraction of sp³-hybridized carbons (Fsp3) is 0.310. The zero-order valence-electron chi connectivity index (χ0n) is 21.7. The summed E-state index contributed by atoms with van der Waals surface area (Å²) >= 11 is 12.7. The second kappa shape index (κ2) is 12.6. The van der Waals surface area contributed by atoms with E-state index in [1.807, 2.05) is 24.3 Å². The van der Waals surface area contributed by atoms with Gasteiger partial charge in [0.25, 0.3) is 5.91 Å². The molecule has 202 valence electrons. The minimum absolute atomic E-state index is 0.0269. The van der Waals surface area contributed by atoms with Crippen LogP contribution in [0.3, 0.4) is 0 Å². The van der Waals surface area contributed by atoms with Gasteiger partial charge in [-0.2, -0.15) is 8.78 Å². The zero-order valence-corrected chi connectivity index (χ0v) is 23.2. The van der Waals surface area contributed by atoms with Gasteiger partial charge in [-0.3, -0.25) is 9.59 Å². The van der Waals surface area contributed by atoms with Crippen LogP contribution in [0.2, 0.25) is 10.0 Å². The van der Waals surface area contributed by atoms with Gasteiger partial charge in [0, 0.05) is 20.0 Å². The molecule has 3 rings (SSSR count). The maximum absolute atomic E-state index is 13.9. The van der Waals surface area contributed by atoms with Crippen molar-refractivity contribution < 1.29 is 23.1 Å². The fourth-order valence-corrected chi connectivity index (χ4v) is 4.34. The molecule has 0 spiro atoms. The average Bonchev–Trinajstić information content (AvgIpc) is 2.83. The lowest BCUT2D eigenvalue weighted by Gasteiger charge is -2.26. The summed E-state index contributed by atoms with van der Waals surface area (Å²) in [5.41, 5.74) is 3.05. The molecule has 0 bridgehead atoms. The van der Waals surface area contributed by atoms with Gasteiger partial charge in [-0.1, -0.05) is 80.4 Å². The van der Waals surface area contributed by atoms with Crippen molar-refractivity contribution in [3.8, 4) is 5.75 Å². The lowest BCUT2D eigenvalue weighted by atomic mass is 9.87. The van der Waals surface area contributed by atoms with Crippen molar-refractivity contribution in [2.24, 2.45) is 0 Å². The number of alkyl halides is 2. The number of hydrogen-bond donors (Lipinski definition) is 1. The Labute approximate surface area is 231 Å². The maximum Gasteiger partial charge on any atom is 0.387 e. The van der Waals surface area contributed by atoms with E-state index in [0.717, 1.165) is 11.1 Å². The van der Waals surface area contributed by atoms with E-state index in [2.05, 4.69) is 30.8 Å². The Morgan fingerprint density at radius 3 is 2.29 bits per heavy atom. The lowest BCUT2D eigenvalue weighted by Crippen LogP contribution is -2.33. The van der Waals surface area contributed by atoms with E-state index in [9.17, 15) is 18.4 Å². The smallest absolute Gasteiger partial charge is 0.387 e. The van der Waals surface area contributed by atoms with Gasteiger partial charge in [-0.15, -0.1) is 0 Å². The Morgan fingerprint density at radius 1 is 1.00 bits per heavy atom. The maximum atomic E-state index is 13.9. The Kier molecular flexibility index (Phi) is 9.74. The second-order valence-electron chi connectivity index (χ2n) is 9.91. The van der Waals surface area contributed by atoms with E-state index in [-0.39, 0.29) is 51.5 Å². The van der Waals surface area contributed by atoms with Crippen LogP contribution in [0.25, 0.3) is 0 Å². The van der Waals surface area contributed by atoms with Crippen molar-refractivity contribution in [3.05, 3.63) is 93.0 Å². The molecule has 0 radical (unpaired) electrons. The molecule has 0 unspecified atom stereocenters. The molecule has 0 saturated heterocycles. The van der Waals surface area contributed by atoms with Gasteiger partial charge < -0.3 is 15.0 Å². The molecular weight excluding hydrogens is 533 g/mol. The summed E-state index contributed by atoms with van der Waals surface area (Å²) in [6.07, 6.45) is 0.361. The molecule has 0 heterocycles. The number of carbonyl (C=O) groups is 2. The monoisotopic (exact) mass is 562 g/mol. The SMILES string of the molecule is CC(=O)Nc1ccc(Cl)c(Cl)c1C(=O)N(CCc1cccc(OC(F)F)c1)Cc1ccc(C(C)(C)C)cc1. The molecule has 3 aromatic carbocycles. The molecule has 0 atom stereocenters. The van der Waals surface area contributed by atoms with E-state index in [4.69, 9.17) is 23.2 Å². The first-order chi connectivity index (χ1) is 17.8. The van der Waals surface area contributed by atoms with Gasteiger partial charge in [0.1, 0.15) is 5.75 Å². The van der Waals surface area contributed by atoms with Crippen molar-refractivity contribution in [1.82, 2.24) is 4.90 Å². The van der Waals surface area contributed by atoms with Gasteiger partial charge in [-0.25, -0.2) is 0 Å². The molecule has 9 heteroatoms. The van der Waals surface area contributed by atoms with E-state index >= 15 is 0 Å². The normalized spacial score (nSPS) is 11.4. The van der Waals surface area contributed by atoms with Crippen LogP contribution in [0, 0.1) is 0 Å². The lowest BCUT2D eigenvalue weighted by molar-refractivity contribution is -0.114. The third-order valence-electron chi connectivity index (χ3n) is 5.89. The van der Waals surface area contributed by atoms with Gasteiger partial charge >= 0.3 is 6.61 Å². The number of benzene rings is 3. The Hall–Kier alpha value is -3.16.